The van der Waals surface area contributed by atoms with Crippen molar-refractivity contribution >= 4 is 10.8 Å². The summed E-state index contributed by atoms with van der Waals surface area (Å²) in [7, 11) is 1.73. The van der Waals surface area contributed by atoms with Crippen LogP contribution >= 0.6 is 0 Å². The molecule has 0 saturated heterocycles. The van der Waals surface area contributed by atoms with E-state index in [1.54, 1.807) is 7.11 Å². The second-order valence-corrected chi connectivity index (χ2v) is 4.72. The fraction of sp³-hybridized carbons (Fsp3) is 0.438. The second-order valence-electron chi connectivity index (χ2n) is 4.72. The molecule has 102 valence electrons. The van der Waals surface area contributed by atoms with Crippen LogP contribution in [0.3, 0.4) is 0 Å². The third-order valence-electron chi connectivity index (χ3n) is 3.28. The van der Waals surface area contributed by atoms with Gasteiger partial charge in [-0.2, -0.15) is 0 Å². The van der Waals surface area contributed by atoms with Crippen molar-refractivity contribution in [2.45, 2.75) is 19.3 Å². The predicted molar refractivity (Wildman–Crippen MR) is 79.4 cm³/mol. The van der Waals surface area contributed by atoms with E-state index < -0.39 is 0 Å². The largest absolute Gasteiger partial charge is 0.383 e. The molecule has 0 aliphatic carbocycles. The number of unbranched alkanes of at least 4 members (excludes halogenated alkanes) is 1. The molecule has 1 aromatic carbocycles. The molecule has 0 spiro atoms. The van der Waals surface area contributed by atoms with Gasteiger partial charge in [-0.3, -0.25) is 4.98 Å². The van der Waals surface area contributed by atoms with Crippen molar-refractivity contribution in [3.05, 3.63) is 42.2 Å². The van der Waals surface area contributed by atoms with Crippen molar-refractivity contribution in [3.63, 3.8) is 0 Å². The van der Waals surface area contributed by atoms with E-state index in [4.69, 9.17) is 4.74 Å². The van der Waals surface area contributed by atoms with E-state index in [0.717, 1.165) is 26.1 Å². The Hall–Kier alpha value is -1.45. The number of hydrogen-bond donors (Lipinski definition) is 1. The van der Waals surface area contributed by atoms with Crippen molar-refractivity contribution in [2.75, 3.05) is 26.8 Å². The van der Waals surface area contributed by atoms with Gasteiger partial charge in [-0.25, -0.2) is 0 Å². The van der Waals surface area contributed by atoms with E-state index in [-0.39, 0.29) is 0 Å². The molecule has 19 heavy (non-hydrogen) atoms. The van der Waals surface area contributed by atoms with Crippen LogP contribution in [0.25, 0.3) is 10.8 Å². The molecule has 0 radical (unpaired) electrons. The van der Waals surface area contributed by atoms with E-state index >= 15 is 0 Å². The molecule has 0 aliphatic heterocycles. The van der Waals surface area contributed by atoms with Crippen LogP contribution < -0.4 is 5.32 Å². The topological polar surface area (TPSA) is 34.1 Å². The Morgan fingerprint density at radius 3 is 2.89 bits per heavy atom. The Balaban J connectivity index is 1.78. The maximum Gasteiger partial charge on any atom is 0.0587 e. The van der Waals surface area contributed by atoms with Gasteiger partial charge in [-0.1, -0.05) is 24.3 Å². The van der Waals surface area contributed by atoms with E-state index in [2.05, 4.69) is 34.6 Å². The van der Waals surface area contributed by atoms with Gasteiger partial charge in [0.15, 0.2) is 0 Å². The number of nitrogens with zero attached hydrogens (tertiary/aromatic N) is 1. The van der Waals surface area contributed by atoms with Crippen LogP contribution in [0.4, 0.5) is 0 Å². The standard InChI is InChI=1S/C16H22N2O/c1-19-11-10-17-9-5-4-7-15-13-18-12-14-6-2-3-8-16(14)15/h2-3,6,8,12-13,17H,4-5,7,9-11H2,1H3. The van der Waals surface area contributed by atoms with Crippen LogP contribution in [0.15, 0.2) is 36.7 Å². The first-order valence-electron chi connectivity index (χ1n) is 6.93. The summed E-state index contributed by atoms with van der Waals surface area (Å²) in [6.07, 6.45) is 7.41. The lowest BCUT2D eigenvalue weighted by atomic mass is 10.0. The van der Waals surface area contributed by atoms with Crippen molar-refractivity contribution in [1.82, 2.24) is 10.3 Å². The molecular weight excluding hydrogens is 236 g/mol. The molecule has 0 atom stereocenters. The Bertz CT molecular complexity index is 494. The molecular formula is C16H22N2O. The number of fused-ring (bicyclic) bond motifs is 1. The number of pyridine rings is 1. The molecule has 1 N–H and O–H groups in total. The second kappa shape index (κ2) is 7.87. The molecule has 1 heterocycles. The van der Waals surface area contributed by atoms with E-state index in [0.29, 0.717) is 0 Å². The first kappa shape index (κ1) is 14.0. The smallest absolute Gasteiger partial charge is 0.0587 e. The molecule has 2 aromatic rings. The quantitative estimate of drug-likeness (QED) is 0.739. The van der Waals surface area contributed by atoms with Gasteiger partial charge in [0.05, 0.1) is 6.61 Å². The van der Waals surface area contributed by atoms with Crippen LogP contribution in [0.1, 0.15) is 18.4 Å². The number of rotatable bonds is 8. The summed E-state index contributed by atoms with van der Waals surface area (Å²) < 4.78 is 5.00. The van der Waals surface area contributed by atoms with Crippen molar-refractivity contribution < 1.29 is 4.74 Å². The maximum atomic E-state index is 5.00. The summed E-state index contributed by atoms with van der Waals surface area (Å²) in [6.45, 7) is 2.78. The Morgan fingerprint density at radius 2 is 2.00 bits per heavy atom. The highest BCUT2D eigenvalue weighted by Crippen LogP contribution is 2.18. The average molecular weight is 258 g/mol. The molecule has 0 unspecified atom stereocenters. The van der Waals surface area contributed by atoms with Crippen molar-refractivity contribution in [3.8, 4) is 0 Å². The SMILES string of the molecule is COCCNCCCCc1cncc2ccccc12. The summed E-state index contributed by atoms with van der Waals surface area (Å²) in [5.41, 5.74) is 1.36. The van der Waals surface area contributed by atoms with E-state index in [1.807, 2.05) is 12.4 Å². The number of methoxy groups -OCH3 is 1. The molecule has 2 rings (SSSR count). The fourth-order valence-corrected chi connectivity index (χ4v) is 2.24. The monoisotopic (exact) mass is 258 g/mol. The molecule has 3 heteroatoms. The minimum atomic E-state index is 0.785. The Labute approximate surface area is 115 Å². The lowest BCUT2D eigenvalue weighted by Gasteiger charge is -2.06. The number of aromatic nitrogens is 1. The van der Waals surface area contributed by atoms with Gasteiger partial charge in [0.25, 0.3) is 0 Å². The molecule has 0 aliphatic rings. The van der Waals surface area contributed by atoms with Gasteiger partial charge in [-0.05, 0) is 36.8 Å². The normalized spacial score (nSPS) is 11.0. The minimum Gasteiger partial charge on any atom is -0.383 e. The van der Waals surface area contributed by atoms with Gasteiger partial charge in [0, 0.05) is 31.4 Å². The first-order chi connectivity index (χ1) is 9.42. The van der Waals surface area contributed by atoms with E-state index in [9.17, 15) is 0 Å². The zero-order valence-electron chi connectivity index (χ0n) is 11.6. The Morgan fingerprint density at radius 1 is 1.11 bits per heavy atom. The van der Waals surface area contributed by atoms with Crippen molar-refractivity contribution in [2.24, 2.45) is 0 Å². The third-order valence-corrected chi connectivity index (χ3v) is 3.28. The van der Waals surface area contributed by atoms with Gasteiger partial charge in [-0.15, -0.1) is 0 Å². The number of hydrogen-bond acceptors (Lipinski definition) is 3. The van der Waals surface area contributed by atoms with Gasteiger partial charge < -0.3 is 10.1 Å². The number of nitrogens with one attached hydrogen (secondary N) is 1. The molecule has 0 saturated carbocycles. The van der Waals surface area contributed by atoms with Gasteiger partial charge in [0.2, 0.25) is 0 Å². The van der Waals surface area contributed by atoms with Crippen LogP contribution in [-0.4, -0.2) is 31.8 Å². The number of benzene rings is 1. The van der Waals surface area contributed by atoms with Gasteiger partial charge in [0.1, 0.15) is 0 Å². The van der Waals surface area contributed by atoms with Crippen LogP contribution in [0, 0.1) is 0 Å². The summed E-state index contributed by atoms with van der Waals surface area (Å²) in [4.78, 5) is 4.32. The lowest BCUT2D eigenvalue weighted by Crippen LogP contribution is -2.20. The highest BCUT2D eigenvalue weighted by molar-refractivity contribution is 5.84. The fourth-order valence-electron chi connectivity index (χ4n) is 2.24. The lowest BCUT2D eigenvalue weighted by molar-refractivity contribution is 0.199. The number of aryl methyl sites for hydroxylation is 1. The average Bonchev–Trinajstić information content (AvgIpc) is 2.46. The minimum absolute atomic E-state index is 0.785. The zero-order valence-corrected chi connectivity index (χ0v) is 11.6. The molecule has 1 aromatic heterocycles. The highest BCUT2D eigenvalue weighted by Gasteiger charge is 2.00. The van der Waals surface area contributed by atoms with E-state index in [1.165, 1.54) is 29.2 Å². The van der Waals surface area contributed by atoms with Crippen molar-refractivity contribution in [1.29, 1.82) is 0 Å². The molecule has 3 nitrogen and oxygen atoms in total. The maximum absolute atomic E-state index is 5.00. The van der Waals surface area contributed by atoms with Crippen LogP contribution in [0.5, 0.6) is 0 Å². The molecule has 0 fully saturated rings. The number of ether oxygens (including phenoxy) is 1. The Kier molecular flexibility index (Phi) is 5.79. The zero-order chi connectivity index (χ0) is 13.3. The summed E-state index contributed by atoms with van der Waals surface area (Å²) in [6, 6.07) is 8.47. The summed E-state index contributed by atoms with van der Waals surface area (Å²) in [5.74, 6) is 0. The highest BCUT2D eigenvalue weighted by atomic mass is 16.5. The van der Waals surface area contributed by atoms with Crippen LogP contribution in [-0.2, 0) is 11.2 Å². The van der Waals surface area contributed by atoms with Gasteiger partial charge >= 0.3 is 0 Å². The van der Waals surface area contributed by atoms with Crippen LogP contribution in [0.2, 0.25) is 0 Å². The third kappa shape index (κ3) is 4.30. The summed E-state index contributed by atoms with van der Waals surface area (Å²) >= 11 is 0. The molecule has 0 bridgehead atoms. The molecule has 0 amide bonds. The summed E-state index contributed by atoms with van der Waals surface area (Å²) in [5, 5.41) is 5.94. The first-order valence-corrected chi connectivity index (χ1v) is 6.93. The predicted octanol–water partition coefficient (Wildman–Crippen LogP) is 2.79.